The van der Waals surface area contributed by atoms with Crippen LogP contribution in [0.3, 0.4) is 0 Å². The number of hydrogen-bond donors (Lipinski definition) is 1. The van der Waals surface area contributed by atoms with E-state index in [9.17, 15) is 0 Å². The Hall–Kier alpha value is -3.15. The summed E-state index contributed by atoms with van der Waals surface area (Å²) in [6, 6.07) is 14.9. The zero-order valence-electron chi connectivity index (χ0n) is 13.0. The Morgan fingerprint density at radius 3 is 2.62 bits per heavy atom. The summed E-state index contributed by atoms with van der Waals surface area (Å²) in [5.41, 5.74) is 11.2. The summed E-state index contributed by atoms with van der Waals surface area (Å²) in [5.74, 6) is 0.478. The van der Waals surface area contributed by atoms with E-state index in [-0.39, 0.29) is 0 Å². The summed E-state index contributed by atoms with van der Waals surface area (Å²) < 4.78 is 3.97. The van der Waals surface area contributed by atoms with Crippen molar-refractivity contribution in [2.45, 2.75) is 18.9 Å². The van der Waals surface area contributed by atoms with Crippen molar-refractivity contribution in [3.05, 3.63) is 55.0 Å². The highest BCUT2D eigenvalue weighted by atomic mass is 15.3. The second-order valence-electron chi connectivity index (χ2n) is 6.11. The van der Waals surface area contributed by atoms with Crippen LogP contribution in [0.2, 0.25) is 0 Å². The zero-order chi connectivity index (χ0) is 16.1. The third-order valence-corrected chi connectivity index (χ3v) is 4.49. The highest BCUT2D eigenvalue weighted by Gasteiger charge is 2.28. The number of anilines is 1. The van der Waals surface area contributed by atoms with Gasteiger partial charge in [-0.1, -0.05) is 30.3 Å². The molecule has 0 unspecified atom stereocenters. The van der Waals surface area contributed by atoms with Crippen LogP contribution in [-0.2, 0) is 0 Å². The molecule has 0 amide bonds. The van der Waals surface area contributed by atoms with Crippen LogP contribution in [0.5, 0.6) is 0 Å². The number of hydrogen-bond acceptors (Lipinski definition) is 4. The average Bonchev–Trinajstić information content (AvgIpc) is 3.20. The van der Waals surface area contributed by atoms with E-state index in [1.165, 1.54) is 19.2 Å². The van der Waals surface area contributed by atoms with Gasteiger partial charge in [0.05, 0.1) is 17.4 Å². The minimum absolute atomic E-state index is 0.478. The maximum Gasteiger partial charge on any atom is 0.152 e. The van der Waals surface area contributed by atoms with Gasteiger partial charge in [-0.15, -0.1) is 0 Å². The standard InChI is InChI=1S/C18H16N6/c19-18-17-14(15-8-9-21-23(15)13-6-7-13)10-16(24(17)22-11-20-18)12-4-2-1-3-5-12/h1-5,8-11,13H,6-7H2,(H2,19,20,22). The second-order valence-corrected chi connectivity index (χ2v) is 6.11. The number of aromatic nitrogens is 5. The molecule has 1 saturated carbocycles. The minimum Gasteiger partial charge on any atom is -0.382 e. The first-order valence-corrected chi connectivity index (χ1v) is 8.04. The van der Waals surface area contributed by atoms with Crippen LogP contribution in [-0.4, -0.2) is 24.4 Å². The lowest BCUT2D eigenvalue weighted by molar-refractivity contribution is 0.649. The second kappa shape index (κ2) is 4.92. The molecule has 0 radical (unpaired) electrons. The molecule has 5 rings (SSSR count). The third kappa shape index (κ3) is 1.93. The molecule has 1 aliphatic rings. The van der Waals surface area contributed by atoms with Crippen LogP contribution < -0.4 is 5.73 Å². The van der Waals surface area contributed by atoms with E-state index in [1.54, 1.807) is 0 Å². The van der Waals surface area contributed by atoms with Crippen molar-refractivity contribution in [2.75, 3.05) is 5.73 Å². The topological polar surface area (TPSA) is 74.0 Å². The van der Waals surface area contributed by atoms with Crippen molar-refractivity contribution >= 4 is 11.3 Å². The molecule has 0 bridgehead atoms. The maximum atomic E-state index is 6.19. The van der Waals surface area contributed by atoms with Gasteiger partial charge in [0.25, 0.3) is 0 Å². The van der Waals surface area contributed by atoms with E-state index in [0.29, 0.717) is 11.9 Å². The van der Waals surface area contributed by atoms with Crippen molar-refractivity contribution < 1.29 is 0 Å². The SMILES string of the molecule is Nc1ncnn2c(-c3ccccc3)cc(-c3ccnn3C3CC3)c12. The van der Waals surface area contributed by atoms with Gasteiger partial charge >= 0.3 is 0 Å². The van der Waals surface area contributed by atoms with E-state index in [1.807, 2.05) is 35.0 Å². The highest BCUT2D eigenvalue weighted by Crippen LogP contribution is 2.40. The number of nitrogens with zero attached hydrogens (tertiary/aromatic N) is 5. The summed E-state index contributed by atoms with van der Waals surface area (Å²) in [7, 11) is 0. The molecule has 0 spiro atoms. The summed E-state index contributed by atoms with van der Waals surface area (Å²) in [4.78, 5) is 4.19. The summed E-state index contributed by atoms with van der Waals surface area (Å²) in [6.45, 7) is 0. The van der Waals surface area contributed by atoms with Crippen LogP contribution in [0.1, 0.15) is 18.9 Å². The molecular formula is C18H16N6. The average molecular weight is 316 g/mol. The van der Waals surface area contributed by atoms with Crippen LogP contribution in [0.25, 0.3) is 28.0 Å². The number of nitrogens with two attached hydrogens (primary N) is 1. The van der Waals surface area contributed by atoms with Crippen LogP contribution in [0.4, 0.5) is 5.82 Å². The van der Waals surface area contributed by atoms with Gasteiger partial charge in [-0.3, -0.25) is 4.68 Å². The molecule has 0 saturated heterocycles. The normalized spacial score (nSPS) is 14.3. The van der Waals surface area contributed by atoms with Crippen molar-refractivity contribution in [2.24, 2.45) is 0 Å². The largest absolute Gasteiger partial charge is 0.382 e. The summed E-state index contributed by atoms with van der Waals surface area (Å²) in [6.07, 6.45) is 5.70. The first kappa shape index (κ1) is 13.3. The van der Waals surface area contributed by atoms with E-state index >= 15 is 0 Å². The van der Waals surface area contributed by atoms with E-state index in [0.717, 1.165) is 28.0 Å². The van der Waals surface area contributed by atoms with Gasteiger partial charge in [0.2, 0.25) is 0 Å². The fraction of sp³-hybridized carbons (Fsp3) is 0.167. The molecule has 4 aromatic rings. The molecule has 24 heavy (non-hydrogen) atoms. The van der Waals surface area contributed by atoms with E-state index in [4.69, 9.17) is 5.73 Å². The first-order valence-electron chi connectivity index (χ1n) is 8.04. The molecule has 1 fully saturated rings. The van der Waals surface area contributed by atoms with Crippen molar-refractivity contribution in [1.29, 1.82) is 0 Å². The van der Waals surface area contributed by atoms with E-state index in [2.05, 4.69) is 38.1 Å². The number of nitrogen functional groups attached to an aromatic ring is 1. The zero-order valence-corrected chi connectivity index (χ0v) is 13.0. The molecular weight excluding hydrogens is 300 g/mol. The molecule has 118 valence electrons. The van der Waals surface area contributed by atoms with Gasteiger partial charge in [-0.2, -0.15) is 10.2 Å². The Balaban J connectivity index is 1.82. The lowest BCUT2D eigenvalue weighted by atomic mass is 10.1. The Kier molecular flexibility index (Phi) is 2.73. The lowest BCUT2D eigenvalue weighted by Gasteiger charge is -2.06. The summed E-state index contributed by atoms with van der Waals surface area (Å²) in [5, 5.41) is 8.93. The van der Waals surface area contributed by atoms with E-state index < -0.39 is 0 Å². The van der Waals surface area contributed by atoms with Gasteiger partial charge in [0, 0.05) is 17.3 Å². The van der Waals surface area contributed by atoms with Crippen molar-refractivity contribution in [3.8, 4) is 22.5 Å². The number of fused-ring (bicyclic) bond motifs is 1. The van der Waals surface area contributed by atoms with Gasteiger partial charge < -0.3 is 5.73 Å². The first-order chi connectivity index (χ1) is 11.8. The molecule has 0 atom stereocenters. The molecule has 3 heterocycles. The monoisotopic (exact) mass is 316 g/mol. The van der Waals surface area contributed by atoms with Crippen molar-refractivity contribution in [3.63, 3.8) is 0 Å². The molecule has 6 heteroatoms. The molecule has 3 aromatic heterocycles. The van der Waals surface area contributed by atoms with Gasteiger partial charge in [0.1, 0.15) is 11.8 Å². The molecule has 1 aliphatic carbocycles. The Morgan fingerprint density at radius 2 is 1.83 bits per heavy atom. The van der Waals surface area contributed by atoms with Gasteiger partial charge in [-0.05, 0) is 25.0 Å². The fourth-order valence-corrected chi connectivity index (χ4v) is 3.22. The smallest absolute Gasteiger partial charge is 0.152 e. The highest BCUT2D eigenvalue weighted by molar-refractivity contribution is 5.90. The Morgan fingerprint density at radius 1 is 1.00 bits per heavy atom. The molecule has 2 N–H and O–H groups in total. The predicted molar refractivity (Wildman–Crippen MR) is 92.3 cm³/mol. The quantitative estimate of drug-likeness (QED) is 0.630. The van der Waals surface area contributed by atoms with Crippen LogP contribution >= 0.6 is 0 Å². The number of rotatable bonds is 3. The lowest BCUT2D eigenvalue weighted by Crippen LogP contribution is -2.02. The van der Waals surface area contributed by atoms with Crippen molar-refractivity contribution in [1.82, 2.24) is 24.4 Å². The minimum atomic E-state index is 0.478. The maximum absolute atomic E-state index is 6.19. The fourth-order valence-electron chi connectivity index (χ4n) is 3.22. The molecule has 6 nitrogen and oxygen atoms in total. The molecule has 0 aliphatic heterocycles. The Bertz CT molecular complexity index is 1030. The Labute approximate surface area is 138 Å². The molecule has 1 aromatic carbocycles. The van der Waals surface area contributed by atoms with Crippen LogP contribution in [0.15, 0.2) is 55.0 Å². The predicted octanol–water partition coefficient (Wildman–Crippen LogP) is 3.18. The van der Waals surface area contributed by atoms with Gasteiger partial charge in [0.15, 0.2) is 5.82 Å². The van der Waals surface area contributed by atoms with Gasteiger partial charge in [-0.25, -0.2) is 9.50 Å². The summed E-state index contributed by atoms with van der Waals surface area (Å²) >= 11 is 0. The third-order valence-electron chi connectivity index (χ3n) is 4.49. The van der Waals surface area contributed by atoms with Crippen LogP contribution in [0, 0.1) is 0 Å². The number of benzene rings is 1.